The molecule has 1 aromatic carbocycles. The number of benzene rings is 1. The van der Waals surface area contributed by atoms with Gasteiger partial charge in [0.2, 0.25) is 10.0 Å². The Morgan fingerprint density at radius 1 is 1.18 bits per heavy atom. The van der Waals surface area contributed by atoms with Crippen LogP contribution in [0, 0.1) is 18.8 Å². The second-order valence-corrected chi connectivity index (χ2v) is 7.58. The van der Waals surface area contributed by atoms with Gasteiger partial charge in [0.05, 0.1) is 11.8 Å². The molecule has 0 aliphatic heterocycles. The molecule has 1 aromatic rings. The van der Waals surface area contributed by atoms with Crippen molar-refractivity contribution in [3.8, 4) is 17.6 Å². The lowest BCUT2D eigenvalue weighted by Crippen LogP contribution is -2.35. The lowest BCUT2D eigenvalue weighted by molar-refractivity contribution is 0.367. The fourth-order valence-corrected chi connectivity index (χ4v) is 4.04. The summed E-state index contributed by atoms with van der Waals surface area (Å²) >= 11 is 0. The van der Waals surface area contributed by atoms with Crippen LogP contribution in [0.15, 0.2) is 24.3 Å². The van der Waals surface area contributed by atoms with Crippen LogP contribution < -0.4 is 9.46 Å². The molecule has 0 amide bonds. The minimum atomic E-state index is -3.22. The highest BCUT2D eigenvalue weighted by Gasteiger charge is 2.26. The molecule has 0 unspecified atom stereocenters. The third kappa shape index (κ3) is 5.04. The number of hydrogen-bond acceptors (Lipinski definition) is 3. The number of para-hydroxylation sites is 1. The van der Waals surface area contributed by atoms with Crippen molar-refractivity contribution in [2.75, 3.05) is 13.2 Å². The van der Waals surface area contributed by atoms with E-state index in [9.17, 15) is 8.42 Å². The van der Waals surface area contributed by atoms with Crippen LogP contribution in [0.25, 0.3) is 0 Å². The number of rotatable bonds is 5. The zero-order chi connectivity index (χ0) is 15.8. The van der Waals surface area contributed by atoms with E-state index in [-0.39, 0.29) is 18.4 Å². The van der Waals surface area contributed by atoms with Crippen LogP contribution in [0.5, 0.6) is 5.75 Å². The monoisotopic (exact) mass is 321 g/mol. The van der Waals surface area contributed by atoms with Crippen molar-refractivity contribution in [3.63, 3.8) is 0 Å². The Morgan fingerprint density at radius 3 is 2.64 bits per heavy atom. The Morgan fingerprint density at radius 2 is 1.91 bits per heavy atom. The smallest absolute Gasteiger partial charge is 0.215 e. The number of sulfonamides is 1. The first-order chi connectivity index (χ1) is 10.6. The molecule has 1 N–H and O–H groups in total. The fraction of sp³-hybridized carbons (Fsp3) is 0.529. The van der Waals surface area contributed by atoms with Gasteiger partial charge in [-0.2, -0.15) is 0 Å². The normalized spacial score (nSPS) is 15.9. The number of hydrogen-bond donors (Lipinski definition) is 1. The molecule has 4 nitrogen and oxygen atoms in total. The van der Waals surface area contributed by atoms with Crippen molar-refractivity contribution in [2.24, 2.45) is 0 Å². The number of nitrogens with one attached hydrogen (secondary N) is 1. The van der Waals surface area contributed by atoms with Crippen LogP contribution in [-0.4, -0.2) is 26.8 Å². The van der Waals surface area contributed by atoms with Gasteiger partial charge in [-0.05, 0) is 31.4 Å². The van der Waals surface area contributed by atoms with Gasteiger partial charge in [0, 0.05) is 0 Å². The van der Waals surface area contributed by atoms with E-state index in [0.717, 1.165) is 43.4 Å². The highest BCUT2D eigenvalue weighted by Crippen LogP contribution is 2.22. The van der Waals surface area contributed by atoms with Crippen LogP contribution in [0.4, 0.5) is 0 Å². The molecule has 22 heavy (non-hydrogen) atoms. The van der Waals surface area contributed by atoms with E-state index < -0.39 is 10.0 Å². The highest BCUT2D eigenvalue weighted by atomic mass is 32.2. The second kappa shape index (κ2) is 8.21. The zero-order valence-electron chi connectivity index (χ0n) is 13.0. The summed E-state index contributed by atoms with van der Waals surface area (Å²) in [4.78, 5) is 0. The van der Waals surface area contributed by atoms with Crippen molar-refractivity contribution in [2.45, 2.75) is 44.3 Å². The second-order valence-electron chi connectivity index (χ2n) is 5.53. The molecule has 0 bridgehead atoms. The number of ether oxygens (including phenoxy) is 1. The standard InChI is InChI=1S/C17H23NO3S/c1-15-9-5-6-12-17(15)21-14-8-7-13-18-22(19,20)16-10-3-2-4-11-16/h5-6,9,12,16,18H,2-4,10-11,13-14H2,1H3. The van der Waals surface area contributed by atoms with Crippen molar-refractivity contribution in [1.82, 2.24) is 4.72 Å². The third-order valence-corrected chi connectivity index (χ3v) is 5.77. The molecule has 2 rings (SSSR count). The van der Waals surface area contributed by atoms with Gasteiger partial charge in [0.1, 0.15) is 12.4 Å². The van der Waals surface area contributed by atoms with E-state index in [2.05, 4.69) is 16.6 Å². The molecule has 1 fully saturated rings. The third-order valence-electron chi connectivity index (χ3n) is 3.87. The summed E-state index contributed by atoms with van der Waals surface area (Å²) in [5, 5.41) is -0.244. The molecular weight excluding hydrogens is 298 g/mol. The van der Waals surface area contributed by atoms with Crippen molar-refractivity contribution < 1.29 is 13.2 Å². The Labute approximate surface area is 133 Å². The summed E-state index contributed by atoms with van der Waals surface area (Å²) in [5.41, 5.74) is 1.06. The van der Waals surface area contributed by atoms with Crippen LogP contribution in [0.1, 0.15) is 37.7 Å². The summed E-state index contributed by atoms with van der Waals surface area (Å²) in [6, 6.07) is 7.73. The summed E-state index contributed by atoms with van der Waals surface area (Å²) in [6.45, 7) is 2.38. The van der Waals surface area contributed by atoms with E-state index in [1.165, 1.54) is 0 Å². The highest BCUT2D eigenvalue weighted by molar-refractivity contribution is 7.90. The van der Waals surface area contributed by atoms with Crippen molar-refractivity contribution >= 4 is 10.0 Å². The molecule has 0 spiro atoms. The van der Waals surface area contributed by atoms with Gasteiger partial charge in [0.15, 0.2) is 0 Å². The molecule has 0 saturated heterocycles. The molecule has 1 aliphatic rings. The average molecular weight is 321 g/mol. The Balaban J connectivity index is 1.73. The summed E-state index contributed by atoms with van der Waals surface area (Å²) in [6.07, 6.45) is 4.67. The maximum Gasteiger partial charge on any atom is 0.215 e. The van der Waals surface area contributed by atoms with Gasteiger partial charge in [-0.15, -0.1) is 0 Å². The zero-order valence-corrected chi connectivity index (χ0v) is 13.8. The number of aryl methyl sites for hydroxylation is 1. The first-order valence-corrected chi connectivity index (χ1v) is 9.27. The molecular formula is C17H23NO3S. The Bertz CT molecular complexity index is 637. The maximum atomic E-state index is 12.1. The van der Waals surface area contributed by atoms with E-state index in [1.807, 2.05) is 31.2 Å². The molecule has 1 saturated carbocycles. The summed E-state index contributed by atoms with van der Waals surface area (Å²) < 4.78 is 32.3. The van der Waals surface area contributed by atoms with E-state index in [4.69, 9.17) is 4.74 Å². The van der Waals surface area contributed by atoms with Gasteiger partial charge in [0.25, 0.3) is 0 Å². The maximum absolute atomic E-state index is 12.1. The van der Waals surface area contributed by atoms with Crippen LogP contribution in [0.2, 0.25) is 0 Å². The van der Waals surface area contributed by atoms with Gasteiger partial charge >= 0.3 is 0 Å². The van der Waals surface area contributed by atoms with E-state index in [0.29, 0.717) is 0 Å². The lowest BCUT2D eigenvalue weighted by atomic mass is 10.0. The van der Waals surface area contributed by atoms with Crippen molar-refractivity contribution in [1.29, 1.82) is 0 Å². The quantitative estimate of drug-likeness (QED) is 0.848. The molecule has 120 valence electrons. The van der Waals surface area contributed by atoms with Gasteiger partial charge in [-0.1, -0.05) is 49.3 Å². The van der Waals surface area contributed by atoms with Gasteiger partial charge < -0.3 is 4.74 Å². The lowest BCUT2D eigenvalue weighted by Gasteiger charge is -2.21. The molecule has 0 heterocycles. The predicted octanol–water partition coefficient (Wildman–Crippen LogP) is 2.63. The SMILES string of the molecule is Cc1ccccc1OCC#CCNS(=O)(=O)C1CCCCC1. The minimum absolute atomic E-state index is 0.149. The fourth-order valence-electron chi connectivity index (χ4n) is 2.58. The molecule has 1 aliphatic carbocycles. The Kier molecular flexibility index (Phi) is 6.29. The molecule has 0 radical (unpaired) electrons. The van der Waals surface area contributed by atoms with Crippen molar-refractivity contribution in [3.05, 3.63) is 29.8 Å². The summed E-state index contributed by atoms with van der Waals surface area (Å²) in [5.74, 6) is 6.45. The summed E-state index contributed by atoms with van der Waals surface area (Å²) in [7, 11) is -3.22. The predicted molar refractivity (Wildman–Crippen MR) is 88.2 cm³/mol. The van der Waals surface area contributed by atoms with Crippen LogP contribution >= 0.6 is 0 Å². The van der Waals surface area contributed by atoms with Gasteiger partial charge in [-0.25, -0.2) is 13.1 Å². The van der Waals surface area contributed by atoms with Crippen LogP contribution in [-0.2, 0) is 10.0 Å². The Hall–Kier alpha value is -1.51. The molecule has 5 heteroatoms. The minimum Gasteiger partial charge on any atom is -0.481 e. The van der Waals surface area contributed by atoms with Crippen LogP contribution in [0.3, 0.4) is 0 Å². The van der Waals surface area contributed by atoms with E-state index in [1.54, 1.807) is 0 Å². The first kappa shape index (κ1) is 16.9. The average Bonchev–Trinajstić information content (AvgIpc) is 2.53. The largest absolute Gasteiger partial charge is 0.481 e. The molecule has 0 atom stereocenters. The topological polar surface area (TPSA) is 55.4 Å². The first-order valence-electron chi connectivity index (χ1n) is 7.72. The molecule has 0 aromatic heterocycles. The van der Waals surface area contributed by atoms with E-state index >= 15 is 0 Å². The van der Waals surface area contributed by atoms with Gasteiger partial charge in [-0.3, -0.25) is 0 Å².